The predicted octanol–water partition coefficient (Wildman–Crippen LogP) is 5.79. The lowest BCUT2D eigenvalue weighted by molar-refractivity contribution is -0.130. The van der Waals surface area contributed by atoms with Crippen LogP contribution in [0.2, 0.25) is 20.1 Å². The molecule has 2 atom stereocenters. The number of benzene rings is 3. The molecule has 3 aliphatic heterocycles. The second kappa shape index (κ2) is 8.70. The maximum atomic E-state index is 13.7. The van der Waals surface area contributed by atoms with Gasteiger partial charge in [0, 0.05) is 11.8 Å². The van der Waals surface area contributed by atoms with Gasteiger partial charge in [0.1, 0.15) is 11.8 Å². The van der Waals surface area contributed by atoms with Gasteiger partial charge in [-0.05, 0) is 29.8 Å². The highest BCUT2D eigenvalue weighted by atomic mass is 35.5. The van der Waals surface area contributed by atoms with Crippen LogP contribution < -0.4 is 19.1 Å². The average molecular weight is 580 g/mol. The Balaban J connectivity index is 1.48. The Morgan fingerprint density at radius 3 is 2.08 bits per heavy atom. The Morgan fingerprint density at radius 1 is 0.784 bits per heavy atom. The van der Waals surface area contributed by atoms with Gasteiger partial charge in [0.15, 0.2) is 11.5 Å². The Kier molecular flexibility index (Phi) is 5.69. The first kappa shape index (κ1) is 24.2. The van der Waals surface area contributed by atoms with E-state index in [1.165, 1.54) is 12.0 Å². The van der Waals surface area contributed by atoms with Crippen LogP contribution in [0.1, 0.15) is 32.3 Å². The van der Waals surface area contributed by atoms with Crippen molar-refractivity contribution in [1.82, 2.24) is 4.90 Å². The third-order valence-electron chi connectivity index (χ3n) is 6.55. The molecule has 0 saturated carbocycles. The lowest BCUT2D eigenvalue weighted by atomic mass is 9.86. The standard InChI is InChI=1S/C25H14Cl4N2O6/c1-35-12-4-2-3-11(8-12)30-21(10-5-6-13-14(7-10)37-9-36-13)22(25(30)34)31-23(32)15-16(24(31)33)18(27)20(29)19(28)17(15)26/h2-8,21-22H,9H2,1H3/t21-,22-/m1/s1. The molecule has 3 aliphatic rings. The number of ether oxygens (including phenoxy) is 3. The molecule has 0 spiro atoms. The summed E-state index contributed by atoms with van der Waals surface area (Å²) in [6.07, 6.45) is 0. The molecule has 1 fully saturated rings. The first-order chi connectivity index (χ1) is 17.7. The highest BCUT2D eigenvalue weighted by Gasteiger charge is 2.58. The highest BCUT2D eigenvalue weighted by molar-refractivity contribution is 6.55. The van der Waals surface area contributed by atoms with E-state index in [2.05, 4.69) is 0 Å². The fourth-order valence-electron chi connectivity index (χ4n) is 4.82. The summed E-state index contributed by atoms with van der Waals surface area (Å²) in [4.78, 5) is 43.1. The summed E-state index contributed by atoms with van der Waals surface area (Å²) in [5.74, 6) is -0.521. The van der Waals surface area contributed by atoms with Gasteiger partial charge in [-0.3, -0.25) is 19.3 Å². The van der Waals surface area contributed by atoms with Crippen molar-refractivity contribution in [3.05, 3.63) is 79.2 Å². The Hall–Kier alpha value is -3.17. The van der Waals surface area contributed by atoms with Crippen LogP contribution >= 0.6 is 46.4 Å². The van der Waals surface area contributed by atoms with E-state index >= 15 is 0 Å². The first-order valence-corrected chi connectivity index (χ1v) is 12.4. The number of amides is 3. The molecule has 1 saturated heterocycles. The highest BCUT2D eigenvalue weighted by Crippen LogP contribution is 2.50. The summed E-state index contributed by atoms with van der Waals surface area (Å²) < 4.78 is 16.2. The van der Waals surface area contributed by atoms with Crippen LogP contribution in [0.15, 0.2) is 42.5 Å². The molecule has 3 heterocycles. The van der Waals surface area contributed by atoms with Crippen LogP contribution in [-0.2, 0) is 4.79 Å². The maximum Gasteiger partial charge on any atom is 0.264 e. The minimum atomic E-state index is -1.20. The van der Waals surface area contributed by atoms with Crippen molar-refractivity contribution in [1.29, 1.82) is 0 Å². The van der Waals surface area contributed by atoms with E-state index in [0.29, 0.717) is 28.5 Å². The molecule has 0 unspecified atom stereocenters. The van der Waals surface area contributed by atoms with Gasteiger partial charge < -0.3 is 19.1 Å². The van der Waals surface area contributed by atoms with Crippen LogP contribution in [0.25, 0.3) is 0 Å². The summed E-state index contributed by atoms with van der Waals surface area (Å²) >= 11 is 24.9. The molecular formula is C25H14Cl4N2O6. The molecule has 0 bridgehead atoms. The number of carbonyl (C=O) groups excluding carboxylic acids is 3. The normalized spacial score (nSPS) is 19.9. The number of rotatable bonds is 4. The smallest absolute Gasteiger partial charge is 0.264 e. The van der Waals surface area contributed by atoms with Crippen LogP contribution in [0, 0.1) is 0 Å². The maximum absolute atomic E-state index is 13.7. The van der Waals surface area contributed by atoms with E-state index in [-0.39, 0.29) is 38.0 Å². The SMILES string of the molecule is COc1cccc(N2C(=O)[C@H](N3C(=O)c4c(Cl)c(Cl)c(Cl)c(Cl)c4C3=O)[C@H]2c2ccc3c(c2)OCO3)c1. The van der Waals surface area contributed by atoms with Crippen LogP contribution in [0.5, 0.6) is 17.2 Å². The molecule has 0 aliphatic carbocycles. The number of fused-ring (bicyclic) bond motifs is 2. The van der Waals surface area contributed by atoms with E-state index < -0.39 is 29.8 Å². The summed E-state index contributed by atoms with van der Waals surface area (Å²) in [5, 5.41) is -0.716. The van der Waals surface area contributed by atoms with Gasteiger partial charge in [-0.2, -0.15) is 0 Å². The fourth-order valence-corrected chi connectivity index (χ4v) is 5.84. The number of hydrogen-bond acceptors (Lipinski definition) is 6. The van der Waals surface area contributed by atoms with Gasteiger partial charge >= 0.3 is 0 Å². The molecule has 0 radical (unpaired) electrons. The van der Waals surface area contributed by atoms with Crippen LogP contribution in [0.3, 0.4) is 0 Å². The average Bonchev–Trinajstić information content (AvgIpc) is 3.47. The van der Waals surface area contributed by atoms with Crippen molar-refractivity contribution < 1.29 is 28.6 Å². The number of imide groups is 1. The first-order valence-electron chi connectivity index (χ1n) is 10.8. The van der Waals surface area contributed by atoms with E-state index in [0.717, 1.165) is 4.90 Å². The number of nitrogens with zero attached hydrogens (tertiary/aromatic N) is 2. The molecule has 8 nitrogen and oxygen atoms in total. The molecule has 37 heavy (non-hydrogen) atoms. The van der Waals surface area contributed by atoms with Crippen LogP contribution in [-0.4, -0.2) is 42.6 Å². The largest absolute Gasteiger partial charge is 0.497 e. The van der Waals surface area contributed by atoms with Gasteiger partial charge in [0.05, 0.1) is 44.4 Å². The van der Waals surface area contributed by atoms with Crippen molar-refractivity contribution in [2.45, 2.75) is 12.1 Å². The number of methoxy groups -OCH3 is 1. The molecule has 3 aromatic rings. The lowest BCUT2D eigenvalue weighted by Gasteiger charge is -2.49. The monoisotopic (exact) mass is 578 g/mol. The van der Waals surface area contributed by atoms with Crippen LogP contribution in [0.4, 0.5) is 5.69 Å². The van der Waals surface area contributed by atoms with Crippen molar-refractivity contribution in [2.75, 3.05) is 18.8 Å². The van der Waals surface area contributed by atoms with Gasteiger partial charge in [-0.15, -0.1) is 0 Å². The minimum absolute atomic E-state index is 0.0579. The van der Waals surface area contributed by atoms with E-state index in [4.69, 9.17) is 60.6 Å². The Labute approximate surface area is 230 Å². The summed E-state index contributed by atoms with van der Waals surface area (Å²) in [5.41, 5.74) is 0.745. The Bertz CT molecular complexity index is 1500. The molecule has 3 amide bonds. The number of β-lactam (4-membered cyclic amide) rings is 1. The number of hydrogen-bond donors (Lipinski definition) is 0. The van der Waals surface area contributed by atoms with Gasteiger partial charge in [-0.25, -0.2) is 0 Å². The Morgan fingerprint density at radius 2 is 1.43 bits per heavy atom. The van der Waals surface area contributed by atoms with Crippen molar-refractivity contribution in [3.63, 3.8) is 0 Å². The van der Waals surface area contributed by atoms with Crippen molar-refractivity contribution in [2.24, 2.45) is 0 Å². The molecule has 188 valence electrons. The van der Waals surface area contributed by atoms with Gasteiger partial charge in [0.25, 0.3) is 17.7 Å². The van der Waals surface area contributed by atoms with E-state index in [9.17, 15) is 14.4 Å². The van der Waals surface area contributed by atoms with Crippen molar-refractivity contribution in [3.8, 4) is 17.2 Å². The second-order valence-electron chi connectivity index (χ2n) is 8.40. The zero-order chi connectivity index (χ0) is 26.2. The number of carbonyl (C=O) groups is 3. The molecule has 0 N–H and O–H groups in total. The zero-order valence-electron chi connectivity index (χ0n) is 18.8. The summed E-state index contributed by atoms with van der Waals surface area (Å²) in [7, 11) is 1.51. The fraction of sp³-hybridized carbons (Fsp3) is 0.160. The second-order valence-corrected chi connectivity index (χ2v) is 9.91. The predicted molar refractivity (Wildman–Crippen MR) is 137 cm³/mol. The van der Waals surface area contributed by atoms with Gasteiger partial charge in [0.2, 0.25) is 6.79 Å². The topological polar surface area (TPSA) is 85.4 Å². The third-order valence-corrected chi connectivity index (χ3v) is 8.35. The molecule has 12 heteroatoms. The molecule has 6 rings (SSSR count). The summed E-state index contributed by atoms with van der Waals surface area (Å²) in [6.45, 7) is 0.0579. The molecule has 0 aromatic heterocycles. The third kappa shape index (κ3) is 3.40. The minimum Gasteiger partial charge on any atom is -0.497 e. The van der Waals surface area contributed by atoms with E-state index in [1.54, 1.807) is 42.5 Å². The lowest BCUT2D eigenvalue weighted by Crippen LogP contribution is -2.67. The molecular weight excluding hydrogens is 566 g/mol. The van der Waals surface area contributed by atoms with Gasteiger partial charge in [-0.1, -0.05) is 58.5 Å². The summed E-state index contributed by atoms with van der Waals surface area (Å²) in [6, 6.07) is 10.1. The zero-order valence-corrected chi connectivity index (χ0v) is 21.8. The van der Waals surface area contributed by atoms with Crippen molar-refractivity contribution >= 4 is 69.8 Å². The number of anilines is 1. The quantitative estimate of drug-likeness (QED) is 0.168. The number of halogens is 4. The molecule has 3 aromatic carbocycles. The van der Waals surface area contributed by atoms with E-state index in [1.807, 2.05) is 0 Å².